The minimum atomic E-state index is -2.25. The number of piperidine rings is 1. The Morgan fingerprint density at radius 1 is 0.877 bits per heavy atom. The number of rotatable bonds is 22. The number of hydrogen-bond acceptors (Lipinski definition) is 7. The summed E-state index contributed by atoms with van der Waals surface area (Å²) in [6.07, 6.45) is 8.39. The molecule has 2 heterocycles. The normalized spacial score (nSPS) is 14.5. The van der Waals surface area contributed by atoms with Crippen LogP contribution >= 0.6 is 15.9 Å². The third-order valence-electron chi connectivity index (χ3n) is 12.9. The molecule has 350 valence electrons. The van der Waals surface area contributed by atoms with E-state index in [1.807, 2.05) is 42.5 Å². The molecule has 5 aromatic rings. The van der Waals surface area contributed by atoms with Crippen molar-refractivity contribution in [1.82, 2.24) is 14.8 Å². The molecule has 1 amide bonds. The van der Waals surface area contributed by atoms with Crippen LogP contribution in [0.4, 0.5) is 19.3 Å². The first kappa shape index (κ1) is 50.0. The number of anilines is 1. The molecule has 1 fully saturated rings. The number of H-pyrrole nitrogens is 1. The van der Waals surface area contributed by atoms with E-state index in [1.165, 1.54) is 31.2 Å². The standard InChI is InChI=1S/C52H67BrF2N4O5Si/c1-52(2,3)65(4,5)64-47(42-23-25-46(49-43(42)24-26-48(60)56-49)62-37-39-21-15-12-16-22-39)36-59(35-38-19-13-11-14-20-38)30-18-10-8-6-7-9-17-29-58-31-27-41(28-32-58)63-51(61)57-50-44(53)33-40(54)34-45(50)55/h11-16,19-26,33-34,41,47H,6-10,17-18,27-32,35-37H2,1-5H3,(H,56,60)(H,57,61)/t47-/m0/s1. The van der Waals surface area contributed by atoms with Gasteiger partial charge in [0.15, 0.2) is 14.1 Å². The van der Waals surface area contributed by atoms with E-state index in [0.29, 0.717) is 24.4 Å². The molecule has 0 spiro atoms. The maximum Gasteiger partial charge on any atom is 0.412 e. The van der Waals surface area contributed by atoms with Crippen molar-refractivity contribution in [3.8, 4) is 5.75 Å². The Morgan fingerprint density at radius 2 is 1.52 bits per heavy atom. The molecule has 13 heteroatoms. The van der Waals surface area contributed by atoms with Crippen LogP contribution in [0.1, 0.15) is 101 Å². The van der Waals surface area contributed by atoms with Crippen molar-refractivity contribution < 1.29 is 27.5 Å². The van der Waals surface area contributed by atoms with Gasteiger partial charge in [-0.25, -0.2) is 13.6 Å². The lowest BCUT2D eigenvalue weighted by molar-refractivity contribution is 0.0584. The number of hydrogen-bond donors (Lipinski definition) is 2. The second kappa shape index (κ2) is 23.9. The third-order valence-corrected chi connectivity index (χ3v) is 18.0. The Hall–Kier alpha value is -4.40. The molecule has 1 aromatic heterocycles. The van der Waals surface area contributed by atoms with E-state index >= 15 is 0 Å². The van der Waals surface area contributed by atoms with Crippen molar-refractivity contribution >= 4 is 46.9 Å². The maximum absolute atomic E-state index is 14.1. The van der Waals surface area contributed by atoms with Crippen molar-refractivity contribution in [2.45, 2.75) is 122 Å². The number of aromatic nitrogens is 1. The molecular formula is C52H67BrF2N4O5Si. The molecule has 0 bridgehead atoms. The van der Waals surface area contributed by atoms with E-state index in [0.717, 1.165) is 93.5 Å². The quantitative estimate of drug-likeness (QED) is 0.0527. The topological polar surface area (TPSA) is 96.1 Å². The monoisotopic (exact) mass is 972 g/mol. The van der Waals surface area contributed by atoms with E-state index < -0.39 is 26.0 Å². The summed E-state index contributed by atoms with van der Waals surface area (Å²) in [5, 5.41) is 3.34. The molecule has 0 radical (unpaired) electrons. The van der Waals surface area contributed by atoms with Gasteiger partial charge in [-0.15, -0.1) is 0 Å². The summed E-state index contributed by atoms with van der Waals surface area (Å²) in [5.41, 5.74) is 3.78. The predicted molar refractivity (Wildman–Crippen MR) is 264 cm³/mol. The lowest BCUT2D eigenvalue weighted by atomic mass is 10.0. The summed E-state index contributed by atoms with van der Waals surface area (Å²) < 4.78 is 46.9. The number of carbonyl (C=O) groups is 1. The lowest BCUT2D eigenvalue weighted by Crippen LogP contribution is -2.44. The molecule has 4 aromatic carbocycles. The summed E-state index contributed by atoms with van der Waals surface area (Å²) in [5.74, 6) is -0.945. The minimum Gasteiger partial charge on any atom is -0.487 e. The molecule has 0 aliphatic carbocycles. The zero-order valence-corrected chi connectivity index (χ0v) is 41.4. The highest BCUT2D eigenvalue weighted by molar-refractivity contribution is 9.10. The fourth-order valence-electron chi connectivity index (χ4n) is 8.18. The number of fused-ring (bicyclic) bond motifs is 1. The number of nitrogens with zero attached hydrogens (tertiary/aromatic N) is 2. The number of ether oxygens (including phenoxy) is 2. The van der Waals surface area contributed by atoms with Crippen LogP contribution in [0.2, 0.25) is 18.1 Å². The first-order chi connectivity index (χ1) is 31.1. The van der Waals surface area contributed by atoms with Crippen molar-refractivity contribution in [3.63, 3.8) is 0 Å². The van der Waals surface area contributed by atoms with E-state index in [4.69, 9.17) is 13.9 Å². The van der Waals surface area contributed by atoms with Crippen LogP contribution in [0.5, 0.6) is 5.75 Å². The lowest BCUT2D eigenvalue weighted by Gasteiger charge is -2.41. The van der Waals surface area contributed by atoms with Crippen molar-refractivity contribution in [3.05, 3.63) is 140 Å². The molecule has 1 saturated heterocycles. The van der Waals surface area contributed by atoms with Gasteiger partial charge in [0.2, 0.25) is 5.56 Å². The van der Waals surface area contributed by atoms with Gasteiger partial charge in [0.25, 0.3) is 0 Å². The molecule has 0 unspecified atom stereocenters. The number of nitrogens with one attached hydrogen (secondary N) is 2. The van der Waals surface area contributed by atoms with Gasteiger partial charge < -0.3 is 23.8 Å². The number of carbonyl (C=O) groups excluding carboxylic acids is 1. The third kappa shape index (κ3) is 15.1. The average molecular weight is 974 g/mol. The van der Waals surface area contributed by atoms with Gasteiger partial charge in [-0.1, -0.05) is 120 Å². The Labute approximate surface area is 393 Å². The van der Waals surface area contributed by atoms with Crippen LogP contribution < -0.4 is 15.6 Å². The fraction of sp³-hybridized carbons (Fsp3) is 0.462. The van der Waals surface area contributed by atoms with E-state index in [9.17, 15) is 18.4 Å². The number of benzene rings is 4. The van der Waals surface area contributed by atoms with Crippen LogP contribution in [-0.4, -0.2) is 68.0 Å². The zero-order chi connectivity index (χ0) is 46.4. The van der Waals surface area contributed by atoms with Crippen LogP contribution in [-0.2, 0) is 22.3 Å². The summed E-state index contributed by atoms with van der Waals surface area (Å²) in [7, 11) is -2.25. The molecule has 2 N–H and O–H groups in total. The van der Waals surface area contributed by atoms with Crippen LogP contribution in [0.15, 0.2) is 106 Å². The summed E-state index contributed by atoms with van der Waals surface area (Å²) in [6.45, 7) is 17.0. The number of halogens is 3. The van der Waals surface area contributed by atoms with Gasteiger partial charge in [0.05, 0.1) is 17.3 Å². The molecule has 1 atom stereocenters. The Morgan fingerprint density at radius 3 is 2.18 bits per heavy atom. The number of pyridine rings is 1. The van der Waals surface area contributed by atoms with Gasteiger partial charge >= 0.3 is 6.09 Å². The molecule has 65 heavy (non-hydrogen) atoms. The van der Waals surface area contributed by atoms with Gasteiger partial charge in [-0.3, -0.25) is 15.0 Å². The van der Waals surface area contributed by atoms with Crippen molar-refractivity contribution in [1.29, 1.82) is 0 Å². The van der Waals surface area contributed by atoms with E-state index in [1.54, 1.807) is 6.07 Å². The SMILES string of the molecule is CC(C)(C)[Si](C)(C)O[C@@H](CN(CCCCCCCCCN1CCC(OC(=O)Nc2c(F)cc(F)cc2Br)CC1)Cc1ccccc1)c1ccc(OCc2ccccc2)c2[nH]c(=O)ccc12. The second-order valence-electron chi connectivity index (χ2n) is 18.9. The first-order valence-electron chi connectivity index (χ1n) is 23.3. The maximum atomic E-state index is 14.1. The molecular weight excluding hydrogens is 907 g/mol. The highest BCUT2D eigenvalue weighted by Gasteiger charge is 2.40. The largest absolute Gasteiger partial charge is 0.487 e. The van der Waals surface area contributed by atoms with Crippen molar-refractivity contribution in [2.24, 2.45) is 0 Å². The predicted octanol–water partition coefficient (Wildman–Crippen LogP) is 13.2. The highest BCUT2D eigenvalue weighted by atomic mass is 79.9. The van der Waals surface area contributed by atoms with Gasteiger partial charge in [-0.2, -0.15) is 0 Å². The fourth-order valence-corrected chi connectivity index (χ4v) is 9.95. The molecule has 0 saturated carbocycles. The summed E-state index contributed by atoms with van der Waals surface area (Å²) >= 11 is 3.10. The van der Waals surface area contributed by atoms with Crippen LogP contribution in [0.3, 0.4) is 0 Å². The first-order valence-corrected chi connectivity index (χ1v) is 27.0. The van der Waals surface area contributed by atoms with E-state index in [-0.39, 0.29) is 33.0 Å². The smallest absolute Gasteiger partial charge is 0.412 e. The summed E-state index contributed by atoms with van der Waals surface area (Å²) in [6, 6.07) is 30.2. The number of amides is 1. The Balaban J connectivity index is 1.00. The summed E-state index contributed by atoms with van der Waals surface area (Å²) in [4.78, 5) is 33.3. The minimum absolute atomic E-state index is 0.000523. The van der Waals surface area contributed by atoms with Crippen LogP contribution in [0, 0.1) is 11.6 Å². The average Bonchev–Trinajstić information content (AvgIpc) is 3.26. The Bertz CT molecular complexity index is 2310. The zero-order valence-electron chi connectivity index (χ0n) is 38.8. The van der Waals surface area contributed by atoms with Crippen LogP contribution in [0.25, 0.3) is 10.9 Å². The van der Waals surface area contributed by atoms with Crippen molar-refractivity contribution in [2.75, 3.05) is 38.0 Å². The molecule has 1 aliphatic heterocycles. The Kier molecular flexibility index (Phi) is 18.4. The highest BCUT2D eigenvalue weighted by Crippen LogP contribution is 2.42. The molecule has 6 rings (SSSR count). The molecule has 9 nitrogen and oxygen atoms in total. The van der Waals surface area contributed by atoms with E-state index in [2.05, 4.69) is 106 Å². The molecule has 1 aliphatic rings. The number of unbranched alkanes of at least 4 members (excludes halogenated alkanes) is 6. The van der Waals surface area contributed by atoms with Gasteiger partial charge in [0, 0.05) is 48.2 Å². The van der Waals surface area contributed by atoms with Gasteiger partial charge in [0.1, 0.15) is 24.3 Å². The number of likely N-dealkylation sites (tertiary alicyclic amines) is 1. The second-order valence-corrected chi connectivity index (χ2v) is 24.5. The number of aromatic amines is 1. The van der Waals surface area contributed by atoms with Gasteiger partial charge in [-0.05, 0) is 108 Å².